The van der Waals surface area contributed by atoms with Crippen LogP contribution in [0.1, 0.15) is 0 Å². The van der Waals surface area contributed by atoms with Gasteiger partial charge in [0.1, 0.15) is 24.9 Å². The van der Waals surface area contributed by atoms with Gasteiger partial charge in [0.2, 0.25) is 0 Å². The fraction of sp³-hybridized carbons (Fsp3) is 1.00. The summed E-state index contributed by atoms with van der Waals surface area (Å²) >= 11 is 15.7. The molecule has 0 atom stereocenters. The van der Waals surface area contributed by atoms with Crippen LogP contribution in [0.5, 0.6) is 0 Å². The predicted molar refractivity (Wildman–Crippen MR) is 40.9 cm³/mol. The van der Waals surface area contributed by atoms with Gasteiger partial charge in [0, 0.05) is 0 Å². The summed E-state index contributed by atoms with van der Waals surface area (Å²) in [5.74, 6) is 0. The van der Waals surface area contributed by atoms with Gasteiger partial charge in [-0.2, -0.15) is 0 Å². The largest absolute Gasteiger partial charge is 0.249 e. The maximum absolute atomic E-state index is 12.0. The lowest BCUT2D eigenvalue weighted by Crippen LogP contribution is -2.47. The fourth-order valence-corrected chi connectivity index (χ4v) is 0.604. The van der Waals surface area contributed by atoms with E-state index in [1.165, 1.54) is 0 Å². The van der Waals surface area contributed by atoms with E-state index in [9.17, 15) is 13.2 Å². The second kappa shape index (κ2) is 4.06. The summed E-state index contributed by atoms with van der Waals surface area (Å²) in [6.45, 7) is -3.93. The highest BCUT2D eigenvalue weighted by molar-refractivity contribution is 6.53. The van der Waals surface area contributed by atoms with Crippen molar-refractivity contribution in [3.8, 4) is 0 Å². The molecule has 0 spiro atoms. The van der Waals surface area contributed by atoms with Gasteiger partial charge < -0.3 is 0 Å². The van der Waals surface area contributed by atoms with E-state index in [2.05, 4.69) is 0 Å². The second-order valence-corrected chi connectivity index (χ2v) is 4.28. The molecular weight excluding hydrogens is 223 g/mol. The number of hydrogen-bond donors (Lipinski definition) is 0. The number of alkyl halides is 6. The molecule has 0 saturated heterocycles. The molecule has 0 aliphatic carbocycles. The molecule has 68 valence electrons. The number of hydrogen-bond acceptors (Lipinski definition) is 0. The first-order valence-electron chi connectivity index (χ1n) is 2.68. The van der Waals surface area contributed by atoms with Gasteiger partial charge in [-0.05, 0) is 0 Å². The smallest absolute Gasteiger partial charge is 0.170 e. The average Bonchev–Trinajstić information content (AvgIpc) is 2.02. The molecule has 0 aliphatic heterocycles. The quantitative estimate of drug-likeness (QED) is 0.650. The van der Waals surface area contributed by atoms with Gasteiger partial charge in [0.15, 0.2) is 4.33 Å². The summed E-state index contributed by atoms with van der Waals surface area (Å²) in [6.07, 6.45) is 0. The van der Waals surface area contributed by atoms with Crippen LogP contribution >= 0.6 is 34.8 Å². The third kappa shape index (κ3) is 2.30. The Bertz CT molecular complexity index is 124. The summed E-state index contributed by atoms with van der Waals surface area (Å²) in [6, 6.07) is 0. The Morgan fingerprint density at radius 2 is 1.18 bits per heavy atom. The first-order chi connectivity index (χ1) is 4.93. The fourth-order valence-electron chi connectivity index (χ4n) is 0.351. The highest BCUT2D eigenvalue weighted by atomic mass is 35.5. The zero-order valence-corrected chi connectivity index (χ0v) is 7.66. The molecule has 0 amide bonds. The van der Waals surface area contributed by atoms with Crippen molar-refractivity contribution in [2.24, 2.45) is 0 Å². The van der Waals surface area contributed by atoms with Crippen molar-refractivity contribution >= 4 is 34.8 Å². The third-order valence-electron chi connectivity index (χ3n) is 1.25. The highest BCUT2D eigenvalue weighted by Crippen LogP contribution is 2.40. The molecule has 0 saturated carbocycles. The van der Waals surface area contributed by atoms with Crippen molar-refractivity contribution in [2.75, 3.05) is 20.0 Å². The van der Waals surface area contributed by atoms with Crippen LogP contribution in [-0.2, 0) is 0 Å². The minimum atomic E-state index is -2.21. The van der Waals surface area contributed by atoms with Gasteiger partial charge in [-0.15, -0.1) is 11.6 Å². The number of halogens is 6. The van der Waals surface area contributed by atoms with Crippen LogP contribution in [0.15, 0.2) is 0 Å². The van der Waals surface area contributed by atoms with E-state index in [1.54, 1.807) is 0 Å². The van der Waals surface area contributed by atoms with Crippen molar-refractivity contribution in [2.45, 2.75) is 9.21 Å². The van der Waals surface area contributed by atoms with Crippen LogP contribution < -0.4 is 0 Å². The van der Waals surface area contributed by atoms with Crippen molar-refractivity contribution in [3.05, 3.63) is 0 Å². The summed E-state index contributed by atoms with van der Waals surface area (Å²) in [4.78, 5) is -2.18. The molecule has 0 radical (unpaired) electrons. The monoisotopic (exact) mass is 228 g/mol. The molecule has 11 heavy (non-hydrogen) atoms. The third-order valence-corrected chi connectivity index (χ3v) is 2.89. The summed E-state index contributed by atoms with van der Waals surface area (Å²) in [5.41, 5.74) is 0. The van der Waals surface area contributed by atoms with E-state index in [1.807, 2.05) is 0 Å². The second-order valence-electron chi connectivity index (χ2n) is 2.07. The summed E-state index contributed by atoms with van der Waals surface area (Å²) < 4.78 is 33.8. The Labute approximate surface area is 77.6 Å². The maximum atomic E-state index is 12.0. The van der Waals surface area contributed by atoms with Crippen molar-refractivity contribution < 1.29 is 13.2 Å². The molecule has 0 fully saturated rings. The van der Waals surface area contributed by atoms with E-state index in [0.29, 0.717) is 0 Å². The molecule has 0 aromatic carbocycles. The average molecular weight is 229 g/mol. The van der Waals surface area contributed by atoms with Gasteiger partial charge in [-0.25, -0.2) is 13.2 Å². The Balaban J connectivity index is 4.47. The molecule has 0 heterocycles. The van der Waals surface area contributed by atoms with E-state index >= 15 is 0 Å². The van der Waals surface area contributed by atoms with Crippen LogP contribution in [0.3, 0.4) is 0 Å². The highest BCUT2D eigenvalue weighted by Gasteiger charge is 2.49. The minimum Gasteiger partial charge on any atom is -0.249 e. The molecule has 0 aliphatic rings. The van der Waals surface area contributed by atoms with Crippen molar-refractivity contribution in [1.29, 1.82) is 0 Å². The molecule has 0 bridgehead atoms. The van der Waals surface area contributed by atoms with Gasteiger partial charge in [-0.1, -0.05) is 23.2 Å². The summed E-state index contributed by atoms with van der Waals surface area (Å²) in [5, 5.41) is 0. The van der Waals surface area contributed by atoms with Crippen LogP contribution in [0, 0.1) is 0 Å². The lowest BCUT2D eigenvalue weighted by Gasteiger charge is -2.30. The first kappa shape index (κ1) is 11.7. The van der Waals surface area contributed by atoms with Crippen LogP contribution in [0.25, 0.3) is 0 Å². The van der Waals surface area contributed by atoms with Crippen molar-refractivity contribution in [1.82, 2.24) is 0 Å². The molecular formula is C5H6Cl3F3. The molecule has 6 heteroatoms. The molecule has 0 aromatic rings. The standard InChI is InChI=1S/C5H6Cl3F3/c6-4(1-9,2-10)5(7,8)3-11/h1-3H2. The zero-order chi connectivity index (χ0) is 9.12. The lowest BCUT2D eigenvalue weighted by molar-refractivity contribution is 0.267. The van der Waals surface area contributed by atoms with Crippen LogP contribution in [-0.4, -0.2) is 29.2 Å². The predicted octanol–water partition coefficient (Wildman–Crippen LogP) is 3.05. The molecule has 0 rings (SSSR count). The van der Waals surface area contributed by atoms with Gasteiger partial charge in [-0.3, -0.25) is 0 Å². The SMILES string of the molecule is FCC(Cl)(Cl)C(Cl)(CF)CF. The molecule has 0 aromatic heterocycles. The van der Waals surface area contributed by atoms with E-state index in [4.69, 9.17) is 34.8 Å². The molecule has 0 N–H and O–H groups in total. The van der Waals surface area contributed by atoms with E-state index in [0.717, 1.165) is 0 Å². The van der Waals surface area contributed by atoms with Gasteiger partial charge in [0.05, 0.1) is 0 Å². The first-order valence-corrected chi connectivity index (χ1v) is 3.81. The Hall–Kier alpha value is 0.660. The lowest BCUT2D eigenvalue weighted by atomic mass is 10.1. The minimum absolute atomic E-state index is 1.30. The molecule has 0 nitrogen and oxygen atoms in total. The van der Waals surface area contributed by atoms with Gasteiger partial charge in [0.25, 0.3) is 0 Å². The van der Waals surface area contributed by atoms with Crippen LogP contribution in [0.4, 0.5) is 13.2 Å². The Kier molecular flexibility index (Phi) is 4.30. The summed E-state index contributed by atoms with van der Waals surface area (Å²) in [7, 11) is 0. The Morgan fingerprint density at radius 3 is 1.27 bits per heavy atom. The maximum Gasteiger partial charge on any atom is 0.170 e. The molecule has 0 unspecified atom stereocenters. The zero-order valence-electron chi connectivity index (χ0n) is 5.39. The normalized spacial score (nSPS) is 13.6. The van der Waals surface area contributed by atoms with Gasteiger partial charge >= 0.3 is 0 Å². The number of rotatable bonds is 4. The topological polar surface area (TPSA) is 0 Å². The van der Waals surface area contributed by atoms with Crippen LogP contribution in [0.2, 0.25) is 0 Å². The van der Waals surface area contributed by atoms with E-state index in [-0.39, 0.29) is 0 Å². The van der Waals surface area contributed by atoms with E-state index < -0.39 is 29.2 Å². The van der Waals surface area contributed by atoms with Crippen molar-refractivity contribution in [3.63, 3.8) is 0 Å². The Morgan fingerprint density at radius 1 is 0.818 bits per heavy atom.